The van der Waals surface area contributed by atoms with E-state index in [1.807, 2.05) is 13.0 Å². The Labute approximate surface area is 183 Å². The third kappa shape index (κ3) is 4.15. The number of anilines is 1. The summed E-state index contributed by atoms with van der Waals surface area (Å²) in [5, 5.41) is 13.1. The number of carbonyl (C=O) groups excluding carboxylic acids is 2. The van der Waals surface area contributed by atoms with Gasteiger partial charge in [0.2, 0.25) is 0 Å². The maximum Gasteiger partial charge on any atom is 0.350 e. The Balaban J connectivity index is 1.67. The van der Waals surface area contributed by atoms with Crippen molar-refractivity contribution in [3.05, 3.63) is 71.4 Å². The molecule has 2 aromatic carbocycles. The number of esters is 2. The summed E-state index contributed by atoms with van der Waals surface area (Å²) >= 11 is 0. The summed E-state index contributed by atoms with van der Waals surface area (Å²) in [6.07, 6.45) is 1.22. The van der Waals surface area contributed by atoms with Crippen molar-refractivity contribution in [2.24, 2.45) is 0 Å². The lowest BCUT2D eigenvalue weighted by Crippen LogP contribution is -2.42. The summed E-state index contributed by atoms with van der Waals surface area (Å²) in [5.74, 6) is -3.92. The second-order valence-electron chi connectivity index (χ2n) is 7.84. The summed E-state index contributed by atoms with van der Waals surface area (Å²) in [7, 11) is 0. The minimum atomic E-state index is -1.31. The highest BCUT2D eigenvalue weighted by atomic mass is 16.7. The van der Waals surface area contributed by atoms with Crippen LogP contribution in [0.3, 0.4) is 0 Å². The largest absolute Gasteiger partial charge is 0.478 e. The van der Waals surface area contributed by atoms with Gasteiger partial charge in [-0.2, -0.15) is 0 Å². The number of carboxylic acid groups (broad SMARTS) is 1. The van der Waals surface area contributed by atoms with E-state index in [-0.39, 0.29) is 11.1 Å². The lowest BCUT2D eigenvalue weighted by Gasteiger charge is -2.29. The maximum absolute atomic E-state index is 12.1. The van der Waals surface area contributed by atoms with Crippen LogP contribution in [0.4, 0.5) is 5.69 Å². The Hall–Kier alpha value is -4.20. The average Bonchev–Trinajstić information content (AvgIpc) is 2.71. The van der Waals surface area contributed by atoms with E-state index in [2.05, 4.69) is 10.3 Å². The van der Waals surface area contributed by atoms with E-state index in [9.17, 15) is 19.5 Å². The van der Waals surface area contributed by atoms with E-state index in [4.69, 9.17) is 9.47 Å². The first kappa shape index (κ1) is 21.0. The number of rotatable bonds is 4. The monoisotopic (exact) mass is 432 g/mol. The van der Waals surface area contributed by atoms with Gasteiger partial charge in [-0.1, -0.05) is 23.8 Å². The van der Waals surface area contributed by atoms with Crippen LogP contribution in [0.5, 0.6) is 0 Å². The van der Waals surface area contributed by atoms with Crippen LogP contribution in [0, 0.1) is 6.92 Å². The molecule has 0 unspecified atom stereocenters. The Morgan fingerprint density at radius 2 is 1.78 bits per heavy atom. The molecule has 1 aliphatic heterocycles. The lowest BCUT2D eigenvalue weighted by atomic mass is 10.0. The molecule has 8 heteroatoms. The van der Waals surface area contributed by atoms with E-state index in [1.165, 1.54) is 26.1 Å². The quantitative estimate of drug-likeness (QED) is 0.361. The average molecular weight is 432 g/mol. The van der Waals surface area contributed by atoms with Gasteiger partial charge in [-0.05, 0) is 37.3 Å². The molecule has 162 valence electrons. The van der Waals surface area contributed by atoms with Gasteiger partial charge in [0.25, 0.3) is 5.79 Å². The van der Waals surface area contributed by atoms with Crippen LogP contribution in [0.15, 0.2) is 60.3 Å². The van der Waals surface area contributed by atoms with E-state index >= 15 is 0 Å². The number of nitrogens with one attached hydrogen (secondary N) is 1. The molecule has 0 amide bonds. The van der Waals surface area contributed by atoms with Crippen LogP contribution in [0.1, 0.15) is 29.8 Å². The normalized spacial score (nSPS) is 15.2. The first-order chi connectivity index (χ1) is 15.1. The number of pyridine rings is 1. The molecule has 0 saturated carbocycles. The summed E-state index contributed by atoms with van der Waals surface area (Å²) in [6, 6.07) is 14.0. The van der Waals surface area contributed by atoms with Crippen molar-refractivity contribution in [1.82, 2.24) is 4.98 Å². The topological polar surface area (TPSA) is 115 Å². The number of aromatic nitrogens is 1. The van der Waals surface area contributed by atoms with Gasteiger partial charge in [0.05, 0.1) is 16.8 Å². The lowest BCUT2D eigenvalue weighted by molar-refractivity contribution is -0.222. The molecule has 0 aliphatic carbocycles. The predicted molar refractivity (Wildman–Crippen MR) is 117 cm³/mol. The highest BCUT2D eigenvalue weighted by molar-refractivity contribution is 6.15. The van der Waals surface area contributed by atoms with Gasteiger partial charge >= 0.3 is 17.9 Å². The SMILES string of the molecule is Cc1ccc2nc(-c3cccc(NC=C4C(=O)OC(C)(C)OC4=O)c3)cc(C(=O)O)c2c1. The third-order valence-electron chi connectivity index (χ3n) is 4.85. The standard InChI is InChI=1S/C24H20N2O6/c1-13-7-8-19-16(9-13)17(21(27)28)11-20(26-19)14-5-4-6-15(10-14)25-12-18-22(29)31-24(2,3)32-23(18)30/h4-12,25H,1-3H3,(H,27,28). The number of nitrogens with zero attached hydrogens (tertiary/aromatic N) is 1. The van der Waals surface area contributed by atoms with E-state index in [1.54, 1.807) is 36.4 Å². The number of benzene rings is 2. The van der Waals surface area contributed by atoms with E-state index in [0.29, 0.717) is 27.8 Å². The van der Waals surface area contributed by atoms with E-state index < -0.39 is 23.7 Å². The molecule has 1 saturated heterocycles. The second-order valence-corrected chi connectivity index (χ2v) is 7.84. The highest BCUT2D eigenvalue weighted by Crippen LogP contribution is 2.28. The molecular formula is C24H20N2O6. The van der Waals surface area contributed by atoms with E-state index in [0.717, 1.165) is 5.56 Å². The van der Waals surface area contributed by atoms with Crippen molar-refractivity contribution in [3.8, 4) is 11.3 Å². The Kier molecular flexibility index (Phi) is 5.14. The molecule has 3 aromatic rings. The van der Waals surface area contributed by atoms with Gasteiger partial charge in [0, 0.05) is 36.7 Å². The zero-order valence-electron chi connectivity index (χ0n) is 17.6. The van der Waals surface area contributed by atoms with Crippen LogP contribution in [0.2, 0.25) is 0 Å². The fraction of sp³-hybridized carbons (Fsp3) is 0.167. The number of aryl methyl sites for hydroxylation is 1. The Morgan fingerprint density at radius 1 is 1.06 bits per heavy atom. The van der Waals surface area contributed by atoms with Gasteiger partial charge in [-0.15, -0.1) is 0 Å². The molecule has 0 radical (unpaired) electrons. The molecule has 8 nitrogen and oxygen atoms in total. The van der Waals surface area contributed by atoms with Crippen molar-refractivity contribution in [3.63, 3.8) is 0 Å². The van der Waals surface area contributed by atoms with Crippen molar-refractivity contribution in [2.45, 2.75) is 26.6 Å². The minimum absolute atomic E-state index is 0.157. The van der Waals surface area contributed by atoms with Gasteiger partial charge in [-0.3, -0.25) is 0 Å². The Morgan fingerprint density at radius 3 is 2.47 bits per heavy atom. The van der Waals surface area contributed by atoms with Crippen molar-refractivity contribution in [2.75, 3.05) is 5.32 Å². The molecular weight excluding hydrogens is 412 g/mol. The van der Waals surface area contributed by atoms with Gasteiger partial charge < -0.3 is 19.9 Å². The van der Waals surface area contributed by atoms with Crippen molar-refractivity contribution >= 4 is 34.5 Å². The number of carboxylic acids is 1. The van der Waals surface area contributed by atoms with Crippen LogP contribution < -0.4 is 5.32 Å². The maximum atomic E-state index is 12.1. The first-order valence-electron chi connectivity index (χ1n) is 9.81. The van der Waals surface area contributed by atoms with Crippen LogP contribution in [0.25, 0.3) is 22.2 Å². The van der Waals surface area contributed by atoms with Gasteiger partial charge in [0.15, 0.2) is 5.57 Å². The molecule has 0 spiro atoms. The summed E-state index contributed by atoms with van der Waals surface area (Å²) in [5.41, 5.74) is 3.11. The molecule has 0 bridgehead atoms. The highest BCUT2D eigenvalue weighted by Gasteiger charge is 2.38. The molecule has 0 atom stereocenters. The van der Waals surface area contributed by atoms with Crippen LogP contribution >= 0.6 is 0 Å². The number of carbonyl (C=O) groups is 3. The van der Waals surface area contributed by atoms with Crippen LogP contribution in [-0.2, 0) is 19.1 Å². The number of hydrogen-bond donors (Lipinski definition) is 2. The predicted octanol–water partition coefficient (Wildman–Crippen LogP) is 4.04. The Bertz CT molecular complexity index is 1290. The number of cyclic esters (lactones) is 2. The molecule has 2 N–H and O–H groups in total. The summed E-state index contributed by atoms with van der Waals surface area (Å²) in [4.78, 5) is 40.6. The summed E-state index contributed by atoms with van der Waals surface area (Å²) in [6.45, 7) is 4.83. The number of fused-ring (bicyclic) bond motifs is 1. The van der Waals surface area contributed by atoms with Crippen molar-refractivity contribution in [1.29, 1.82) is 0 Å². The van der Waals surface area contributed by atoms with Gasteiger partial charge in [0.1, 0.15) is 0 Å². The molecule has 2 heterocycles. The number of hydrogen-bond acceptors (Lipinski definition) is 7. The summed E-state index contributed by atoms with van der Waals surface area (Å²) < 4.78 is 10.1. The number of ether oxygens (including phenoxy) is 2. The number of aromatic carboxylic acids is 1. The molecule has 1 aliphatic rings. The zero-order valence-corrected chi connectivity index (χ0v) is 17.6. The molecule has 4 rings (SSSR count). The zero-order chi connectivity index (χ0) is 23.0. The second kappa shape index (κ2) is 7.81. The van der Waals surface area contributed by atoms with Gasteiger partial charge in [-0.25, -0.2) is 19.4 Å². The smallest absolute Gasteiger partial charge is 0.350 e. The first-order valence-corrected chi connectivity index (χ1v) is 9.81. The fourth-order valence-electron chi connectivity index (χ4n) is 3.37. The minimum Gasteiger partial charge on any atom is -0.478 e. The molecule has 32 heavy (non-hydrogen) atoms. The molecule has 1 fully saturated rings. The van der Waals surface area contributed by atoms with Crippen LogP contribution in [-0.4, -0.2) is 33.8 Å². The van der Waals surface area contributed by atoms with Crippen molar-refractivity contribution < 1.29 is 29.0 Å². The molecule has 1 aromatic heterocycles. The third-order valence-corrected chi connectivity index (χ3v) is 4.85. The fourth-order valence-corrected chi connectivity index (χ4v) is 3.37.